The number of likely N-dealkylation sites (N-methyl/N-ethyl adjacent to an activating group) is 1. The van der Waals surface area contributed by atoms with E-state index >= 15 is 0 Å². The van der Waals surface area contributed by atoms with Crippen LogP contribution < -0.4 is 15.5 Å². The van der Waals surface area contributed by atoms with Gasteiger partial charge in [-0.05, 0) is 55.8 Å². The van der Waals surface area contributed by atoms with Crippen LogP contribution in [0.1, 0.15) is 52.5 Å². The third kappa shape index (κ3) is 8.33. The Morgan fingerprint density at radius 2 is 1.78 bits per heavy atom. The van der Waals surface area contributed by atoms with Crippen LogP contribution in [0.5, 0.6) is 0 Å². The molecule has 1 saturated heterocycles. The minimum atomic E-state index is -0.172. The van der Waals surface area contributed by atoms with Crippen LogP contribution in [0.2, 0.25) is 0 Å². The molecule has 0 bridgehead atoms. The van der Waals surface area contributed by atoms with Crippen molar-refractivity contribution in [3.63, 3.8) is 0 Å². The maximum Gasteiger partial charge on any atom is 0.191 e. The van der Waals surface area contributed by atoms with E-state index in [-0.39, 0.29) is 41.8 Å². The summed E-state index contributed by atoms with van der Waals surface area (Å²) in [7, 11) is 0. The van der Waals surface area contributed by atoms with Gasteiger partial charge in [-0.25, -0.2) is 9.38 Å². The summed E-state index contributed by atoms with van der Waals surface area (Å²) in [6.45, 7) is 15.4. The van der Waals surface area contributed by atoms with Crippen LogP contribution in [-0.2, 0) is 6.54 Å². The van der Waals surface area contributed by atoms with E-state index in [2.05, 4.69) is 46.2 Å². The lowest BCUT2D eigenvalue weighted by molar-refractivity contribution is 0.169. The number of nitrogens with one attached hydrogen (secondary N) is 2. The zero-order valence-electron chi connectivity index (χ0n) is 20.3. The van der Waals surface area contributed by atoms with E-state index in [1.54, 1.807) is 6.07 Å². The number of hydrogen-bond donors (Lipinski definition) is 3. The van der Waals surface area contributed by atoms with Crippen LogP contribution >= 0.6 is 24.0 Å². The zero-order valence-corrected chi connectivity index (χ0v) is 22.6. The van der Waals surface area contributed by atoms with Gasteiger partial charge in [-0.3, -0.25) is 0 Å². The van der Waals surface area contributed by atoms with Crippen molar-refractivity contribution in [3.05, 3.63) is 29.6 Å². The number of halogens is 2. The molecule has 0 saturated carbocycles. The monoisotopic (exact) mass is 563 g/mol. The smallest absolute Gasteiger partial charge is 0.191 e. The van der Waals surface area contributed by atoms with Crippen LogP contribution in [0.15, 0.2) is 23.2 Å². The Labute approximate surface area is 211 Å². The second-order valence-electron chi connectivity index (χ2n) is 8.44. The van der Waals surface area contributed by atoms with Gasteiger partial charge in [-0.1, -0.05) is 26.8 Å². The number of benzene rings is 1. The molecule has 3 N–H and O–H groups in total. The maximum atomic E-state index is 14.8. The van der Waals surface area contributed by atoms with E-state index < -0.39 is 0 Å². The quantitative estimate of drug-likeness (QED) is 0.217. The highest BCUT2D eigenvalue weighted by molar-refractivity contribution is 14.0. The number of anilines is 1. The topological polar surface area (TPSA) is 63.1 Å². The van der Waals surface area contributed by atoms with E-state index in [1.807, 2.05) is 19.1 Å². The molecule has 8 heteroatoms. The summed E-state index contributed by atoms with van der Waals surface area (Å²) in [5, 5.41) is 16.1. The SMILES string of the molecule is CCNC(=NCc1ccc(N2CCN(CC)CC2)c(F)c1)NCC(CC)(CC)CCO.I. The largest absolute Gasteiger partial charge is 0.396 e. The van der Waals surface area contributed by atoms with Crippen molar-refractivity contribution in [2.24, 2.45) is 10.4 Å². The maximum absolute atomic E-state index is 14.8. The average molecular weight is 564 g/mol. The van der Waals surface area contributed by atoms with Crippen LogP contribution in [0, 0.1) is 11.2 Å². The molecule has 1 heterocycles. The Morgan fingerprint density at radius 3 is 2.31 bits per heavy atom. The van der Waals surface area contributed by atoms with Crippen molar-refractivity contribution < 1.29 is 9.50 Å². The summed E-state index contributed by atoms with van der Waals surface area (Å²) >= 11 is 0. The summed E-state index contributed by atoms with van der Waals surface area (Å²) in [6.07, 6.45) is 2.76. The summed E-state index contributed by atoms with van der Waals surface area (Å²) in [5.41, 5.74) is 1.60. The third-order valence-electron chi connectivity index (χ3n) is 6.71. The first kappa shape index (κ1) is 28.9. The lowest BCUT2D eigenvalue weighted by atomic mass is 9.79. The molecule has 1 aliphatic rings. The van der Waals surface area contributed by atoms with Crippen LogP contribution in [0.4, 0.5) is 10.1 Å². The standard InChI is InChI=1S/C24H42FN5O.HI/c1-5-24(6-2,11-16-31)19-28-23(26-7-3)27-18-20-9-10-22(21(25)17-20)30-14-12-29(8-4)13-15-30;/h9-10,17,31H,5-8,11-16,18-19H2,1-4H3,(H2,26,27,28);1H. The second kappa shape index (κ2) is 14.9. The molecule has 0 amide bonds. The Balaban J connectivity index is 0.00000512. The molecule has 1 fully saturated rings. The molecule has 1 aromatic carbocycles. The van der Waals surface area contributed by atoms with Crippen LogP contribution in [-0.4, -0.2) is 68.4 Å². The number of nitrogens with zero attached hydrogens (tertiary/aromatic N) is 3. The predicted octanol–water partition coefficient (Wildman–Crippen LogP) is 3.83. The third-order valence-corrected chi connectivity index (χ3v) is 6.71. The molecule has 0 spiro atoms. The summed E-state index contributed by atoms with van der Waals surface area (Å²) < 4.78 is 14.8. The number of guanidine groups is 1. The molecule has 0 unspecified atom stereocenters. The minimum Gasteiger partial charge on any atom is -0.396 e. The Hall–Kier alpha value is -1.13. The lowest BCUT2D eigenvalue weighted by Crippen LogP contribution is -2.46. The van der Waals surface area contributed by atoms with Gasteiger partial charge >= 0.3 is 0 Å². The molecule has 0 aliphatic carbocycles. The first-order valence-corrected chi connectivity index (χ1v) is 11.9. The van der Waals surface area contributed by atoms with Gasteiger partial charge in [0.05, 0.1) is 12.2 Å². The highest BCUT2D eigenvalue weighted by Gasteiger charge is 2.25. The molecule has 1 aliphatic heterocycles. The number of hydrogen-bond acceptors (Lipinski definition) is 4. The molecular formula is C24H43FIN5O. The first-order chi connectivity index (χ1) is 15.0. The number of rotatable bonds is 11. The van der Waals surface area contributed by atoms with Crippen LogP contribution in [0.25, 0.3) is 0 Å². The molecule has 6 nitrogen and oxygen atoms in total. The van der Waals surface area contributed by atoms with Gasteiger partial charge < -0.3 is 25.5 Å². The zero-order chi connectivity index (χ0) is 22.7. The van der Waals surface area contributed by atoms with Gasteiger partial charge in [0.15, 0.2) is 5.96 Å². The molecule has 2 rings (SSSR count). The summed E-state index contributed by atoms with van der Waals surface area (Å²) in [6, 6.07) is 5.48. The first-order valence-electron chi connectivity index (χ1n) is 11.9. The fraction of sp³-hybridized carbons (Fsp3) is 0.708. The van der Waals surface area contributed by atoms with Gasteiger partial charge in [0.1, 0.15) is 5.82 Å². The molecule has 0 atom stereocenters. The van der Waals surface area contributed by atoms with E-state index in [1.165, 1.54) is 0 Å². The molecule has 0 radical (unpaired) electrons. The number of aliphatic hydroxyl groups excluding tert-OH is 1. The molecule has 0 aromatic heterocycles. The molecular weight excluding hydrogens is 520 g/mol. The second-order valence-corrected chi connectivity index (χ2v) is 8.44. The van der Waals surface area contributed by atoms with Crippen molar-refractivity contribution >= 4 is 35.6 Å². The van der Waals surface area contributed by atoms with Gasteiger partial charge in [0.2, 0.25) is 0 Å². The number of piperazine rings is 1. The normalized spacial score (nSPS) is 15.4. The van der Waals surface area contributed by atoms with Crippen molar-refractivity contribution in [2.75, 3.05) is 57.3 Å². The minimum absolute atomic E-state index is 0. The fourth-order valence-corrected chi connectivity index (χ4v) is 4.17. The average Bonchev–Trinajstić information content (AvgIpc) is 2.80. The van der Waals surface area contributed by atoms with Crippen molar-refractivity contribution in [1.82, 2.24) is 15.5 Å². The highest BCUT2D eigenvalue weighted by atomic mass is 127. The van der Waals surface area contributed by atoms with Gasteiger partial charge in [0.25, 0.3) is 0 Å². The molecule has 184 valence electrons. The van der Waals surface area contributed by atoms with Crippen molar-refractivity contribution in [2.45, 2.75) is 53.5 Å². The highest BCUT2D eigenvalue weighted by Crippen LogP contribution is 2.29. The molecule has 32 heavy (non-hydrogen) atoms. The number of aliphatic imine (C=N–C) groups is 1. The van der Waals surface area contributed by atoms with E-state index in [0.29, 0.717) is 12.2 Å². The number of aliphatic hydroxyl groups is 1. The van der Waals surface area contributed by atoms with E-state index in [4.69, 9.17) is 0 Å². The predicted molar refractivity (Wildman–Crippen MR) is 144 cm³/mol. The van der Waals surface area contributed by atoms with E-state index in [0.717, 1.165) is 76.6 Å². The van der Waals surface area contributed by atoms with Crippen molar-refractivity contribution in [3.8, 4) is 0 Å². The van der Waals surface area contributed by atoms with Gasteiger partial charge in [-0.2, -0.15) is 0 Å². The van der Waals surface area contributed by atoms with E-state index in [9.17, 15) is 9.50 Å². The summed E-state index contributed by atoms with van der Waals surface area (Å²) in [4.78, 5) is 9.19. The van der Waals surface area contributed by atoms with Gasteiger partial charge in [-0.15, -0.1) is 24.0 Å². The Morgan fingerprint density at radius 1 is 1.09 bits per heavy atom. The lowest BCUT2D eigenvalue weighted by Gasteiger charge is -2.35. The van der Waals surface area contributed by atoms with Crippen molar-refractivity contribution in [1.29, 1.82) is 0 Å². The Kier molecular flexibility index (Phi) is 13.5. The Bertz CT molecular complexity index is 691. The summed E-state index contributed by atoms with van der Waals surface area (Å²) in [5.74, 6) is 0.557. The molecule has 1 aromatic rings. The van der Waals surface area contributed by atoms with Gasteiger partial charge in [0, 0.05) is 45.9 Å². The van der Waals surface area contributed by atoms with Crippen LogP contribution in [0.3, 0.4) is 0 Å². The fourth-order valence-electron chi connectivity index (χ4n) is 4.17.